The number of nitriles is 1. The fourth-order valence-electron chi connectivity index (χ4n) is 3.38. The number of carbonyl (C=O) groups is 1. The minimum absolute atomic E-state index is 0.0153. The van der Waals surface area contributed by atoms with Gasteiger partial charge in [-0.1, -0.05) is 30.3 Å². The van der Waals surface area contributed by atoms with Gasteiger partial charge in [0, 0.05) is 25.3 Å². The van der Waals surface area contributed by atoms with E-state index in [4.69, 9.17) is 4.74 Å². The molecule has 1 aliphatic heterocycles. The molecule has 5 heteroatoms. The zero-order chi connectivity index (χ0) is 18.9. The molecule has 26 heavy (non-hydrogen) atoms. The predicted octanol–water partition coefficient (Wildman–Crippen LogP) is 2.81. The molecule has 1 atom stereocenters. The van der Waals surface area contributed by atoms with Crippen molar-refractivity contribution in [3.63, 3.8) is 0 Å². The molecule has 0 aromatic heterocycles. The lowest BCUT2D eigenvalue weighted by Gasteiger charge is -2.36. The molecule has 0 amide bonds. The smallest absolute Gasteiger partial charge is 0.169 e. The predicted molar refractivity (Wildman–Crippen MR) is 98.6 cm³/mol. The van der Waals surface area contributed by atoms with Crippen molar-refractivity contribution in [2.24, 2.45) is 0 Å². The number of aliphatic hydroxyl groups is 1. The van der Waals surface area contributed by atoms with E-state index in [1.54, 1.807) is 31.0 Å². The standard InChI is InChI=1S/C21H22N2O3/c1-21(2,25)13-23-12-15-9-18(24)19(26-3)10-16(15)20(17(23)11-22)14-7-5-4-6-8-14/h4-8,10,12,19,25H,9,13H2,1-3H3. The number of benzene rings is 1. The number of ether oxygens (including phenoxy) is 1. The Hall–Kier alpha value is -2.68. The van der Waals surface area contributed by atoms with Crippen LogP contribution in [-0.4, -0.2) is 41.1 Å². The lowest BCUT2D eigenvalue weighted by Crippen LogP contribution is -2.38. The van der Waals surface area contributed by atoms with Gasteiger partial charge in [-0.3, -0.25) is 4.79 Å². The molecule has 1 aliphatic carbocycles. The van der Waals surface area contributed by atoms with Crippen molar-refractivity contribution < 1.29 is 14.6 Å². The Bertz CT molecular complexity index is 851. The maximum Gasteiger partial charge on any atom is 0.169 e. The summed E-state index contributed by atoms with van der Waals surface area (Å²) < 4.78 is 5.30. The van der Waals surface area contributed by atoms with Gasteiger partial charge in [0.2, 0.25) is 0 Å². The number of nitrogens with zero attached hydrogens (tertiary/aromatic N) is 2. The third-order valence-electron chi connectivity index (χ3n) is 4.43. The fourth-order valence-corrected chi connectivity index (χ4v) is 3.38. The number of hydrogen-bond acceptors (Lipinski definition) is 5. The SMILES string of the molecule is COC1C=C2C(=CN(CC(C)(C)O)C(C#N)=C2c2ccccc2)CC1=O. The van der Waals surface area contributed by atoms with Gasteiger partial charge in [0.25, 0.3) is 0 Å². The number of rotatable bonds is 4. The Labute approximate surface area is 153 Å². The Morgan fingerprint density at radius 2 is 2.04 bits per heavy atom. The zero-order valence-electron chi connectivity index (χ0n) is 15.2. The number of fused-ring (bicyclic) bond motifs is 1. The molecule has 1 aromatic carbocycles. The average molecular weight is 350 g/mol. The highest BCUT2D eigenvalue weighted by atomic mass is 16.5. The largest absolute Gasteiger partial charge is 0.389 e. The second-order valence-electron chi connectivity index (χ2n) is 7.18. The summed E-state index contributed by atoms with van der Waals surface area (Å²) in [4.78, 5) is 14.1. The minimum Gasteiger partial charge on any atom is -0.389 e. The van der Waals surface area contributed by atoms with Gasteiger partial charge >= 0.3 is 0 Å². The lowest BCUT2D eigenvalue weighted by molar-refractivity contribution is -0.125. The number of ketones is 1. The molecule has 0 saturated carbocycles. The molecule has 0 fully saturated rings. The molecule has 5 nitrogen and oxygen atoms in total. The van der Waals surface area contributed by atoms with Crippen LogP contribution >= 0.6 is 0 Å². The first-order chi connectivity index (χ1) is 12.3. The van der Waals surface area contributed by atoms with Crippen LogP contribution in [0.4, 0.5) is 0 Å². The van der Waals surface area contributed by atoms with Crippen LogP contribution in [-0.2, 0) is 9.53 Å². The highest BCUT2D eigenvalue weighted by Crippen LogP contribution is 2.41. The number of Topliss-reactive ketones (excluding diaryl/α,β-unsaturated/α-hetero) is 1. The zero-order valence-corrected chi connectivity index (χ0v) is 15.2. The van der Waals surface area contributed by atoms with Crippen molar-refractivity contribution in [1.29, 1.82) is 5.26 Å². The van der Waals surface area contributed by atoms with E-state index in [0.717, 1.165) is 22.3 Å². The van der Waals surface area contributed by atoms with E-state index in [1.165, 1.54) is 7.11 Å². The summed E-state index contributed by atoms with van der Waals surface area (Å²) in [5.41, 5.74) is 2.82. The molecule has 0 saturated heterocycles. The Morgan fingerprint density at radius 1 is 1.35 bits per heavy atom. The Kier molecular flexibility index (Phi) is 4.82. The van der Waals surface area contributed by atoms with Crippen LogP contribution in [0.25, 0.3) is 5.57 Å². The summed E-state index contributed by atoms with van der Waals surface area (Å²) in [7, 11) is 1.51. The van der Waals surface area contributed by atoms with E-state index in [-0.39, 0.29) is 18.7 Å². The van der Waals surface area contributed by atoms with Crippen LogP contribution in [0.3, 0.4) is 0 Å². The summed E-state index contributed by atoms with van der Waals surface area (Å²) in [6, 6.07) is 11.9. The first-order valence-corrected chi connectivity index (χ1v) is 8.51. The molecule has 0 radical (unpaired) electrons. The maximum atomic E-state index is 12.3. The second kappa shape index (κ2) is 6.91. The van der Waals surface area contributed by atoms with Gasteiger partial charge in [-0.25, -0.2) is 0 Å². The topological polar surface area (TPSA) is 73.6 Å². The quantitative estimate of drug-likeness (QED) is 0.904. The first kappa shape index (κ1) is 18.1. The van der Waals surface area contributed by atoms with Gasteiger partial charge in [0.15, 0.2) is 5.78 Å². The van der Waals surface area contributed by atoms with Crippen LogP contribution < -0.4 is 0 Å². The Morgan fingerprint density at radius 3 is 2.62 bits per heavy atom. The van der Waals surface area contributed by atoms with Gasteiger partial charge in [-0.2, -0.15) is 5.26 Å². The summed E-state index contributed by atoms with van der Waals surface area (Å²) in [5.74, 6) is -0.0153. The molecule has 0 spiro atoms. The number of allylic oxidation sites excluding steroid dienone is 4. The maximum absolute atomic E-state index is 12.3. The summed E-state index contributed by atoms with van der Waals surface area (Å²) in [5, 5.41) is 20.1. The third-order valence-corrected chi connectivity index (χ3v) is 4.43. The van der Waals surface area contributed by atoms with Crippen molar-refractivity contribution in [2.75, 3.05) is 13.7 Å². The highest BCUT2D eigenvalue weighted by Gasteiger charge is 2.34. The van der Waals surface area contributed by atoms with E-state index in [2.05, 4.69) is 6.07 Å². The van der Waals surface area contributed by atoms with Crippen LogP contribution in [0.2, 0.25) is 0 Å². The molecular weight excluding hydrogens is 328 g/mol. The van der Waals surface area contributed by atoms with Gasteiger partial charge in [-0.05, 0) is 36.6 Å². The molecule has 0 bridgehead atoms. The molecule has 3 rings (SSSR count). The van der Waals surface area contributed by atoms with E-state index in [9.17, 15) is 15.2 Å². The van der Waals surface area contributed by atoms with E-state index >= 15 is 0 Å². The van der Waals surface area contributed by atoms with Crippen LogP contribution in [0.15, 0.2) is 59.5 Å². The van der Waals surface area contributed by atoms with Crippen LogP contribution in [0.5, 0.6) is 0 Å². The minimum atomic E-state index is -0.990. The lowest BCUT2D eigenvalue weighted by atomic mass is 9.81. The van der Waals surface area contributed by atoms with Gasteiger partial charge in [-0.15, -0.1) is 0 Å². The van der Waals surface area contributed by atoms with Gasteiger partial charge < -0.3 is 14.7 Å². The van der Waals surface area contributed by atoms with Crippen molar-refractivity contribution in [3.05, 3.63) is 65.0 Å². The molecule has 1 unspecified atom stereocenters. The number of hydrogen-bond donors (Lipinski definition) is 1. The van der Waals surface area contributed by atoms with Crippen LogP contribution in [0, 0.1) is 11.3 Å². The van der Waals surface area contributed by atoms with E-state index in [0.29, 0.717) is 5.70 Å². The molecule has 1 aromatic rings. The summed E-state index contributed by atoms with van der Waals surface area (Å²) in [6.07, 6.45) is 3.22. The van der Waals surface area contributed by atoms with Gasteiger partial charge in [0.1, 0.15) is 17.9 Å². The Balaban J connectivity index is 2.21. The average Bonchev–Trinajstić information content (AvgIpc) is 2.59. The second-order valence-corrected chi connectivity index (χ2v) is 7.18. The first-order valence-electron chi connectivity index (χ1n) is 8.51. The molecule has 1 N–H and O–H groups in total. The molecular formula is C21H22N2O3. The normalized spacial score (nSPS) is 20.3. The van der Waals surface area contributed by atoms with E-state index < -0.39 is 11.7 Å². The summed E-state index contributed by atoms with van der Waals surface area (Å²) in [6.45, 7) is 3.65. The summed E-state index contributed by atoms with van der Waals surface area (Å²) >= 11 is 0. The number of carbonyl (C=O) groups excluding carboxylic acids is 1. The fraction of sp³-hybridized carbons (Fsp3) is 0.333. The molecule has 134 valence electrons. The molecule has 1 heterocycles. The highest BCUT2D eigenvalue weighted by molar-refractivity contribution is 5.98. The van der Waals surface area contributed by atoms with E-state index in [1.807, 2.05) is 30.3 Å². The molecule has 2 aliphatic rings. The number of methoxy groups -OCH3 is 1. The third kappa shape index (κ3) is 3.48. The van der Waals surface area contributed by atoms with Crippen LogP contribution in [0.1, 0.15) is 25.8 Å². The number of β-amino-alcohol motifs (C(OH)–C–C–N with tert-alkyl or cyclic N) is 1. The van der Waals surface area contributed by atoms with Crippen molar-refractivity contribution >= 4 is 11.4 Å². The van der Waals surface area contributed by atoms with Gasteiger partial charge in [0.05, 0.1) is 12.1 Å². The monoisotopic (exact) mass is 350 g/mol. The van der Waals surface area contributed by atoms with Crippen molar-refractivity contribution in [1.82, 2.24) is 4.90 Å². The van der Waals surface area contributed by atoms with Crippen molar-refractivity contribution in [3.8, 4) is 6.07 Å². The van der Waals surface area contributed by atoms with Crippen molar-refractivity contribution in [2.45, 2.75) is 32.0 Å².